The number of ether oxygens (including phenoxy) is 1. The summed E-state index contributed by atoms with van der Waals surface area (Å²) >= 11 is 0. The molecular formula is C24H33N3O3. The zero-order valence-electron chi connectivity index (χ0n) is 18.2. The Kier molecular flexibility index (Phi) is 6.14. The van der Waals surface area contributed by atoms with Crippen molar-refractivity contribution in [1.29, 1.82) is 0 Å². The Balaban J connectivity index is 1.44. The standard InChI is InChI=1S/C24H33N3O3/c1-19(2)9-11-25-14-21-15-27(22(28)16-26-12-13-30-23(26)29)18-24(21,17-25)10-8-20-6-4-3-5-7-20/h3-7,9,21H,8,10-18H2,1-2H3/t21-,24+/m0/s1. The Morgan fingerprint density at radius 3 is 2.70 bits per heavy atom. The Morgan fingerprint density at radius 2 is 2.00 bits per heavy atom. The lowest BCUT2D eigenvalue weighted by Gasteiger charge is -2.30. The van der Waals surface area contributed by atoms with Gasteiger partial charge in [0.25, 0.3) is 0 Å². The van der Waals surface area contributed by atoms with E-state index in [1.165, 1.54) is 16.0 Å². The SMILES string of the molecule is CC(C)=CCN1C[C@H]2CN(C(=O)CN3CCOC3=O)C[C@@]2(CCc2ccccc2)C1. The van der Waals surface area contributed by atoms with Crippen molar-refractivity contribution in [3.05, 3.63) is 47.5 Å². The van der Waals surface area contributed by atoms with Crippen molar-refractivity contribution in [1.82, 2.24) is 14.7 Å². The van der Waals surface area contributed by atoms with E-state index in [9.17, 15) is 9.59 Å². The molecule has 0 bridgehead atoms. The van der Waals surface area contributed by atoms with Crippen LogP contribution in [0, 0.1) is 11.3 Å². The summed E-state index contributed by atoms with van der Waals surface area (Å²) in [5, 5.41) is 0. The first-order valence-electron chi connectivity index (χ1n) is 11.0. The van der Waals surface area contributed by atoms with Gasteiger partial charge >= 0.3 is 6.09 Å². The van der Waals surface area contributed by atoms with Gasteiger partial charge in [0.1, 0.15) is 13.2 Å². The van der Waals surface area contributed by atoms with E-state index < -0.39 is 0 Å². The van der Waals surface area contributed by atoms with Crippen LogP contribution in [0.25, 0.3) is 0 Å². The number of amides is 2. The minimum Gasteiger partial charge on any atom is -0.448 e. The molecule has 1 aromatic rings. The van der Waals surface area contributed by atoms with Crippen LogP contribution in [-0.2, 0) is 16.0 Å². The Bertz CT molecular complexity index is 805. The molecule has 6 heteroatoms. The number of rotatable bonds is 7. The first-order valence-corrected chi connectivity index (χ1v) is 11.0. The summed E-state index contributed by atoms with van der Waals surface area (Å²) in [5.74, 6) is 0.541. The van der Waals surface area contributed by atoms with Crippen molar-refractivity contribution in [3.8, 4) is 0 Å². The number of aryl methyl sites for hydroxylation is 1. The summed E-state index contributed by atoms with van der Waals surface area (Å²) in [5.41, 5.74) is 2.84. The molecule has 4 rings (SSSR count). The Morgan fingerprint density at radius 1 is 1.20 bits per heavy atom. The minimum absolute atomic E-state index is 0.0539. The molecule has 6 nitrogen and oxygen atoms in total. The second-order valence-electron chi connectivity index (χ2n) is 9.33. The fourth-order valence-corrected chi connectivity index (χ4v) is 5.16. The Labute approximate surface area is 179 Å². The summed E-state index contributed by atoms with van der Waals surface area (Å²) in [4.78, 5) is 30.7. The maximum Gasteiger partial charge on any atom is 0.410 e. The summed E-state index contributed by atoms with van der Waals surface area (Å²) < 4.78 is 4.98. The summed E-state index contributed by atoms with van der Waals surface area (Å²) in [6.45, 7) is 9.96. The van der Waals surface area contributed by atoms with Gasteiger partial charge in [-0.2, -0.15) is 0 Å². The zero-order valence-corrected chi connectivity index (χ0v) is 18.2. The number of carbonyl (C=O) groups excluding carboxylic acids is 2. The molecule has 3 aliphatic heterocycles. The number of benzene rings is 1. The third-order valence-electron chi connectivity index (χ3n) is 6.87. The van der Waals surface area contributed by atoms with Crippen LogP contribution in [0.15, 0.2) is 42.0 Å². The molecule has 3 aliphatic rings. The lowest BCUT2D eigenvalue weighted by Crippen LogP contribution is -2.42. The molecule has 2 amide bonds. The number of likely N-dealkylation sites (tertiary alicyclic amines) is 2. The molecule has 0 N–H and O–H groups in total. The highest BCUT2D eigenvalue weighted by atomic mass is 16.6. The molecule has 3 fully saturated rings. The van der Waals surface area contributed by atoms with Gasteiger partial charge in [-0.15, -0.1) is 0 Å². The van der Waals surface area contributed by atoms with Crippen molar-refractivity contribution in [2.24, 2.45) is 11.3 Å². The Hall–Kier alpha value is -2.34. The molecular weight excluding hydrogens is 378 g/mol. The highest BCUT2D eigenvalue weighted by Gasteiger charge is 2.52. The predicted molar refractivity (Wildman–Crippen MR) is 116 cm³/mol. The van der Waals surface area contributed by atoms with Gasteiger partial charge in [-0.25, -0.2) is 4.79 Å². The summed E-state index contributed by atoms with van der Waals surface area (Å²) in [7, 11) is 0. The molecule has 2 atom stereocenters. The maximum atomic E-state index is 12.9. The van der Waals surface area contributed by atoms with E-state index in [0.29, 0.717) is 19.1 Å². The molecule has 0 aromatic heterocycles. The van der Waals surface area contributed by atoms with E-state index in [4.69, 9.17) is 4.74 Å². The van der Waals surface area contributed by atoms with Gasteiger partial charge in [0.2, 0.25) is 5.91 Å². The second-order valence-corrected chi connectivity index (χ2v) is 9.33. The van der Waals surface area contributed by atoms with E-state index in [0.717, 1.165) is 45.6 Å². The molecule has 3 saturated heterocycles. The average Bonchev–Trinajstić information content (AvgIpc) is 3.38. The number of allylic oxidation sites excluding steroid dienone is 1. The second kappa shape index (κ2) is 8.80. The van der Waals surface area contributed by atoms with Crippen molar-refractivity contribution in [2.45, 2.75) is 26.7 Å². The van der Waals surface area contributed by atoms with Crippen LogP contribution in [-0.4, -0.2) is 79.1 Å². The maximum absolute atomic E-state index is 12.9. The van der Waals surface area contributed by atoms with Crippen molar-refractivity contribution in [2.75, 3.05) is 52.4 Å². The lowest BCUT2D eigenvalue weighted by molar-refractivity contribution is -0.131. The van der Waals surface area contributed by atoms with Gasteiger partial charge in [0, 0.05) is 38.1 Å². The van der Waals surface area contributed by atoms with Crippen molar-refractivity contribution in [3.63, 3.8) is 0 Å². The van der Waals surface area contributed by atoms with Crippen LogP contribution in [0.2, 0.25) is 0 Å². The van der Waals surface area contributed by atoms with Crippen LogP contribution in [0.1, 0.15) is 25.8 Å². The van der Waals surface area contributed by atoms with Crippen molar-refractivity contribution >= 4 is 12.0 Å². The lowest BCUT2D eigenvalue weighted by atomic mass is 9.76. The third kappa shape index (κ3) is 4.53. The number of hydrogen-bond acceptors (Lipinski definition) is 4. The van der Waals surface area contributed by atoms with Crippen molar-refractivity contribution < 1.29 is 14.3 Å². The molecule has 0 aliphatic carbocycles. The van der Waals surface area contributed by atoms with E-state index in [1.54, 1.807) is 0 Å². The molecule has 30 heavy (non-hydrogen) atoms. The van der Waals surface area contributed by atoms with E-state index in [2.05, 4.69) is 55.2 Å². The first kappa shape index (κ1) is 20.9. The number of hydrogen-bond donors (Lipinski definition) is 0. The van der Waals surface area contributed by atoms with E-state index in [-0.39, 0.29) is 24.0 Å². The largest absolute Gasteiger partial charge is 0.448 e. The zero-order chi connectivity index (χ0) is 21.1. The highest BCUT2D eigenvalue weighted by molar-refractivity contribution is 5.83. The van der Waals surface area contributed by atoms with E-state index >= 15 is 0 Å². The molecule has 0 radical (unpaired) electrons. The van der Waals surface area contributed by atoms with Gasteiger partial charge in [0.05, 0.1) is 6.54 Å². The van der Waals surface area contributed by atoms with Crippen LogP contribution in [0.3, 0.4) is 0 Å². The van der Waals surface area contributed by atoms with Gasteiger partial charge in [-0.1, -0.05) is 42.0 Å². The predicted octanol–water partition coefficient (Wildman–Crippen LogP) is 2.80. The first-order chi connectivity index (χ1) is 14.4. The fraction of sp³-hybridized carbons (Fsp3) is 0.583. The molecule has 0 spiro atoms. The molecule has 0 unspecified atom stereocenters. The molecule has 0 saturated carbocycles. The molecule has 162 valence electrons. The van der Waals surface area contributed by atoms with E-state index in [1.807, 2.05) is 4.90 Å². The van der Waals surface area contributed by atoms with Crippen LogP contribution in [0.4, 0.5) is 4.79 Å². The monoisotopic (exact) mass is 411 g/mol. The smallest absolute Gasteiger partial charge is 0.410 e. The number of carbonyl (C=O) groups is 2. The number of cyclic esters (lactones) is 1. The number of nitrogens with zero attached hydrogens (tertiary/aromatic N) is 3. The molecule has 1 aromatic carbocycles. The average molecular weight is 412 g/mol. The van der Waals surface area contributed by atoms with Gasteiger partial charge in [0.15, 0.2) is 0 Å². The van der Waals surface area contributed by atoms with Crippen LogP contribution < -0.4 is 0 Å². The normalized spacial score (nSPS) is 26.1. The van der Waals surface area contributed by atoms with Gasteiger partial charge in [-0.3, -0.25) is 14.6 Å². The fourth-order valence-electron chi connectivity index (χ4n) is 5.16. The topological polar surface area (TPSA) is 53.1 Å². The quantitative estimate of drug-likeness (QED) is 0.648. The highest BCUT2D eigenvalue weighted by Crippen LogP contribution is 2.45. The number of fused-ring (bicyclic) bond motifs is 1. The summed E-state index contributed by atoms with van der Waals surface area (Å²) in [6.07, 6.45) is 4.06. The van der Waals surface area contributed by atoms with Crippen LogP contribution >= 0.6 is 0 Å². The molecule has 3 heterocycles. The van der Waals surface area contributed by atoms with Crippen LogP contribution in [0.5, 0.6) is 0 Å². The minimum atomic E-state index is -0.366. The van der Waals surface area contributed by atoms with Gasteiger partial charge in [-0.05, 0) is 38.2 Å². The van der Waals surface area contributed by atoms with Gasteiger partial charge < -0.3 is 9.64 Å². The summed E-state index contributed by atoms with van der Waals surface area (Å²) in [6, 6.07) is 10.6. The third-order valence-corrected chi connectivity index (χ3v) is 6.87.